The molecule has 0 heterocycles. The van der Waals surface area contributed by atoms with Gasteiger partial charge in [-0.1, -0.05) is 40.5 Å². The van der Waals surface area contributed by atoms with E-state index in [4.69, 9.17) is 4.74 Å². The van der Waals surface area contributed by atoms with E-state index in [1.807, 2.05) is 0 Å². The molecule has 0 aromatic carbocycles. The number of halogens is 2. The molecular formula is C25H42F2O. The van der Waals surface area contributed by atoms with E-state index < -0.39 is 12.3 Å². The van der Waals surface area contributed by atoms with E-state index in [1.54, 1.807) is 0 Å². The Morgan fingerprint density at radius 3 is 1.89 bits per heavy atom. The van der Waals surface area contributed by atoms with Gasteiger partial charge in [0.15, 0.2) is 0 Å². The van der Waals surface area contributed by atoms with Crippen molar-refractivity contribution in [2.45, 2.75) is 98.3 Å². The lowest BCUT2D eigenvalue weighted by atomic mass is 9.57. The zero-order valence-electron chi connectivity index (χ0n) is 18.7. The maximum atomic E-state index is 14.9. The summed E-state index contributed by atoms with van der Waals surface area (Å²) in [6, 6.07) is 0. The highest BCUT2D eigenvalue weighted by atomic mass is 19.1. The second-order valence-corrected chi connectivity index (χ2v) is 10.8. The lowest BCUT2D eigenvalue weighted by Gasteiger charge is -2.49. The lowest BCUT2D eigenvalue weighted by Crippen LogP contribution is -2.45. The average Bonchev–Trinajstić information content (AvgIpc) is 2.60. The van der Waals surface area contributed by atoms with Crippen LogP contribution in [0.1, 0.15) is 86.0 Å². The molecule has 162 valence electrons. The van der Waals surface area contributed by atoms with Gasteiger partial charge in [0.1, 0.15) is 24.4 Å². The summed E-state index contributed by atoms with van der Waals surface area (Å²) in [4.78, 5) is 0. The molecule has 3 heteroatoms. The van der Waals surface area contributed by atoms with Crippen molar-refractivity contribution in [2.24, 2.45) is 47.3 Å². The largest absolute Gasteiger partial charge is 0.492 e. The number of ether oxygens (including phenoxy) is 1. The quantitative estimate of drug-likeness (QED) is 0.442. The summed E-state index contributed by atoms with van der Waals surface area (Å²) < 4.78 is 33.4. The molecule has 3 saturated carbocycles. The first kappa shape index (κ1) is 22.1. The molecule has 0 saturated heterocycles. The Kier molecular flexibility index (Phi) is 7.48. The van der Waals surface area contributed by atoms with E-state index in [1.165, 1.54) is 45.4 Å². The zero-order chi connectivity index (χ0) is 20.4. The van der Waals surface area contributed by atoms with Crippen molar-refractivity contribution >= 4 is 0 Å². The minimum atomic E-state index is -0.985. The van der Waals surface area contributed by atoms with Crippen LogP contribution in [0, 0.1) is 47.3 Å². The Labute approximate surface area is 171 Å². The normalized spacial score (nSPS) is 48.3. The number of hydrogen-bond donors (Lipinski definition) is 0. The summed E-state index contributed by atoms with van der Waals surface area (Å²) in [6.07, 6.45) is 9.53. The molecule has 3 aliphatic carbocycles. The van der Waals surface area contributed by atoms with E-state index >= 15 is 0 Å². The van der Waals surface area contributed by atoms with Crippen molar-refractivity contribution in [1.82, 2.24) is 0 Å². The molecule has 3 fully saturated rings. The van der Waals surface area contributed by atoms with Gasteiger partial charge in [0.2, 0.25) is 0 Å². The number of alkyl halides is 1. The molecular weight excluding hydrogens is 354 g/mol. The molecule has 3 rings (SSSR count). The molecule has 6 unspecified atom stereocenters. The van der Waals surface area contributed by atoms with Gasteiger partial charge >= 0.3 is 0 Å². The highest BCUT2D eigenvalue weighted by Crippen LogP contribution is 2.51. The van der Waals surface area contributed by atoms with Crippen molar-refractivity contribution in [3.63, 3.8) is 0 Å². The summed E-state index contributed by atoms with van der Waals surface area (Å²) in [6.45, 7) is 10.7. The van der Waals surface area contributed by atoms with E-state index in [0.717, 1.165) is 30.4 Å². The summed E-state index contributed by atoms with van der Waals surface area (Å²) in [5.74, 6) is 4.90. The van der Waals surface area contributed by atoms with Crippen LogP contribution in [0.5, 0.6) is 0 Å². The van der Waals surface area contributed by atoms with Crippen LogP contribution < -0.4 is 0 Å². The first-order chi connectivity index (χ1) is 13.3. The molecule has 0 aromatic heterocycles. The minimum Gasteiger partial charge on any atom is -0.492 e. The number of hydrogen-bond acceptors (Lipinski definition) is 1. The third-order valence-electron chi connectivity index (χ3n) is 8.44. The number of allylic oxidation sites excluding steroid dienone is 1. The topological polar surface area (TPSA) is 9.23 Å². The molecule has 6 atom stereocenters. The Balaban J connectivity index is 1.59. The number of rotatable bonds is 4. The molecule has 0 radical (unpaired) electrons. The fourth-order valence-corrected chi connectivity index (χ4v) is 7.19. The van der Waals surface area contributed by atoms with Crippen molar-refractivity contribution < 1.29 is 13.5 Å². The average molecular weight is 397 g/mol. The van der Waals surface area contributed by atoms with Crippen LogP contribution in [-0.2, 0) is 4.74 Å². The van der Waals surface area contributed by atoms with Crippen LogP contribution in [0.3, 0.4) is 0 Å². The standard InChI is InChI=1S/C25H42F2O/c1-15-6-8-20(9-7-15)21-10-16(2)24(17(3)11-21)22-12-18(4)25(23(27)13-22)28-14-19(5)26/h14-18,20-25H,6-13H2,1-5H3/b19-14-. The predicted molar refractivity (Wildman–Crippen MR) is 112 cm³/mol. The van der Waals surface area contributed by atoms with Gasteiger partial charge in [-0.3, -0.25) is 0 Å². The molecule has 28 heavy (non-hydrogen) atoms. The van der Waals surface area contributed by atoms with E-state index in [0.29, 0.717) is 30.1 Å². The summed E-state index contributed by atoms with van der Waals surface area (Å²) in [5.41, 5.74) is 0. The van der Waals surface area contributed by atoms with Crippen LogP contribution in [-0.4, -0.2) is 12.3 Å². The minimum absolute atomic E-state index is 0.140. The molecule has 0 bridgehead atoms. The first-order valence-corrected chi connectivity index (χ1v) is 11.9. The van der Waals surface area contributed by atoms with E-state index in [9.17, 15) is 8.78 Å². The maximum absolute atomic E-state index is 14.9. The second kappa shape index (κ2) is 9.47. The zero-order valence-corrected chi connectivity index (χ0v) is 18.7. The van der Waals surface area contributed by atoms with E-state index in [-0.39, 0.29) is 11.7 Å². The van der Waals surface area contributed by atoms with Crippen molar-refractivity contribution in [3.8, 4) is 0 Å². The van der Waals surface area contributed by atoms with Gasteiger partial charge < -0.3 is 4.74 Å². The fraction of sp³-hybridized carbons (Fsp3) is 0.920. The van der Waals surface area contributed by atoms with Gasteiger partial charge in [0, 0.05) is 0 Å². The molecule has 0 N–H and O–H groups in total. The molecule has 3 aliphatic rings. The molecule has 1 nitrogen and oxygen atoms in total. The summed E-state index contributed by atoms with van der Waals surface area (Å²) in [7, 11) is 0. The van der Waals surface area contributed by atoms with Gasteiger partial charge in [-0.05, 0) is 92.8 Å². The molecule has 0 aliphatic heterocycles. The highest BCUT2D eigenvalue weighted by molar-refractivity contribution is 4.95. The second-order valence-electron chi connectivity index (χ2n) is 10.8. The predicted octanol–water partition coefficient (Wildman–Crippen LogP) is 7.71. The van der Waals surface area contributed by atoms with Crippen LogP contribution >= 0.6 is 0 Å². The highest BCUT2D eigenvalue weighted by Gasteiger charge is 2.45. The van der Waals surface area contributed by atoms with Gasteiger partial charge in [-0.25, -0.2) is 8.78 Å². The van der Waals surface area contributed by atoms with Gasteiger partial charge in [0.25, 0.3) is 0 Å². The monoisotopic (exact) mass is 396 g/mol. The third kappa shape index (κ3) is 5.11. The van der Waals surface area contributed by atoms with Crippen molar-refractivity contribution in [2.75, 3.05) is 0 Å². The Bertz CT molecular complexity index is 497. The Morgan fingerprint density at radius 2 is 1.36 bits per heavy atom. The van der Waals surface area contributed by atoms with Gasteiger partial charge in [-0.15, -0.1) is 0 Å². The molecule has 0 spiro atoms. The summed E-state index contributed by atoms with van der Waals surface area (Å²) >= 11 is 0. The van der Waals surface area contributed by atoms with Crippen LogP contribution in [0.4, 0.5) is 8.78 Å². The first-order valence-electron chi connectivity index (χ1n) is 11.9. The summed E-state index contributed by atoms with van der Waals surface area (Å²) in [5, 5.41) is 0. The van der Waals surface area contributed by atoms with Crippen LogP contribution in [0.2, 0.25) is 0 Å². The lowest BCUT2D eigenvalue weighted by molar-refractivity contribution is -0.0593. The van der Waals surface area contributed by atoms with Crippen molar-refractivity contribution in [3.05, 3.63) is 12.1 Å². The van der Waals surface area contributed by atoms with Crippen molar-refractivity contribution in [1.29, 1.82) is 0 Å². The third-order valence-corrected chi connectivity index (χ3v) is 8.44. The van der Waals surface area contributed by atoms with Gasteiger partial charge in [0.05, 0.1) is 0 Å². The molecule has 0 amide bonds. The molecule has 0 aromatic rings. The SMILES string of the molecule is C/C(F)=C/OC1C(C)CC(C2C(C)CC(C3CCC(C)CC3)CC2C)CC1F. The van der Waals surface area contributed by atoms with Crippen LogP contribution in [0.15, 0.2) is 12.1 Å². The van der Waals surface area contributed by atoms with E-state index in [2.05, 4.69) is 27.7 Å². The smallest absolute Gasteiger partial charge is 0.137 e. The Hall–Kier alpha value is -0.600. The fourth-order valence-electron chi connectivity index (χ4n) is 7.19. The maximum Gasteiger partial charge on any atom is 0.137 e. The van der Waals surface area contributed by atoms with Crippen LogP contribution in [0.25, 0.3) is 0 Å². The van der Waals surface area contributed by atoms with Gasteiger partial charge in [-0.2, -0.15) is 0 Å². The Morgan fingerprint density at radius 1 is 0.786 bits per heavy atom.